The molecule has 0 spiro atoms. The first-order valence-corrected chi connectivity index (χ1v) is 12.0. The number of aryl methyl sites for hydroxylation is 1. The van der Waals surface area contributed by atoms with Crippen molar-refractivity contribution in [3.05, 3.63) is 84.2 Å². The average molecular weight is 482 g/mol. The van der Waals surface area contributed by atoms with Crippen molar-refractivity contribution in [3.8, 4) is 0 Å². The molecule has 4 heterocycles. The van der Waals surface area contributed by atoms with E-state index in [2.05, 4.69) is 45.0 Å². The van der Waals surface area contributed by atoms with Crippen molar-refractivity contribution in [1.82, 2.24) is 29.9 Å². The second-order valence-corrected chi connectivity index (χ2v) is 8.41. The second kappa shape index (κ2) is 10.9. The number of piperazine rings is 1. The first-order chi connectivity index (χ1) is 17.7. The number of aromatic nitrogens is 6. The van der Waals surface area contributed by atoms with E-state index in [0.29, 0.717) is 41.9 Å². The fourth-order valence-corrected chi connectivity index (χ4v) is 4.02. The lowest BCUT2D eigenvalue weighted by Crippen LogP contribution is -2.47. The van der Waals surface area contributed by atoms with Gasteiger partial charge in [-0.15, -0.1) is 0 Å². The Kier molecular flexibility index (Phi) is 7.02. The zero-order chi connectivity index (χ0) is 24.7. The standard InChI is InChI=1S/C26H27N9O/c1-2-22-30-25(31-23-17-20(8-9-28-23)21(36)16-19-6-4-3-5-7-19)33-26(32-22)35-14-12-34(13-15-35)24-18-27-10-11-29-24/h3-11,17-18H,2,12-16H2,1H3,(H,28,30,31,32,33). The predicted octanol–water partition coefficient (Wildman–Crippen LogP) is 3.11. The molecule has 5 rings (SSSR count). The lowest BCUT2D eigenvalue weighted by atomic mass is 10.0. The van der Waals surface area contributed by atoms with E-state index in [1.807, 2.05) is 37.3 Å². The average Bonchev–Trinajstić information content (AvgIpc) is 2.94. The summed E-state index contributed by atoms with van der Waals surface area (Å²) in [4.78, 5) is 43.9. The van der Waals surface area contributed by atoms with Crippen LogP contribution in [0.1, 0.15) is 28.7 Å². The van der Waals surface area contributed by atoms with Crippen molar-refractivity contribution in [2.75, 3.05) is 41.3 Å². The maximum atomic E-state index is 12.8. The smallest absolute Gasteiger partial charge is 0.233 e. The minimum absolute atomic E-state index is 0.0261. The van der Waals surface area contributed by atoms with Crippen LogP contribution < -0.4 is 15.1 Å². The number of carbonyl (C=O) groups is 1. The summed E-state index contributed by atoms with van der Waals surface area (Å²) in [6.07, 6.45) is 7.79. The SMILES string of the molecule is CCc1nc(Nc2cc(C(=O)Cc3ccccc3)ccn2)nc(N2CCN(c3cnccn3)CC2)n1. The molecule has 0 unspecified atom stereocenters. The molecule has 0 atom stereocenters. The number of anilines is 4. The Morgan fingerprint density at radius 3 is 2.47 bits per heavy atom. The highest BCUT2D eigenvalue weighted by Crippen LogP contribution is 2.19. The number of pyridine rings is 1. The van der Waals surface area contributed by atoms with Gasteiger partial charge in [0.25, 0.3) is 0 Å². The van der Waals surface area contributed by atoms with E-state index < -0.39 is 0 Å². The quantitative estimate of drug-likeness (QED) is 0.377. The third kappa shape index (κ3) is 5.60. The molecular formula is C26H27N9O. The monoisotopic (exact) mass is 481 g/mol. The van der Waals surface area contributed by atoms with Crippen LogP contribution in [0.2, 0.25) is 0 Å². The van der Waals surface area contributed by atoms with Crippen molar-refractivity contribution in [2.24, 2.45) is 0 Å². The lowest BCUT2D eigenvalue weighted by Gasteiger charge is -2.35. The molecule has 0 aliphatic carbocycles. The number of nitrogens with one attached hydrogen (secondary N) is 1. The highest BCUT2D eigenvalue weighted by atomic mass is 16.1. The minimum Gasteiger partial charge on any atom is -0.352 e. The number of Topliss-reactive ketones (excluding diaryl/α,β-unsaturated/α-hetero) is 1. The van der Waals surface area contributed by atoms with E-state index in [1.165, 1.54) is 0 Å². The van der Waals surface area contributed by atoms with Gasteiger partial charge in [-0.05, 0) is 17.7 Å². The van der Waals surface area contributed by atoms with Gasteiger partial charge >= 0.3 is 0 Å². The summed E-state index contributed by atoms with van der Waals surface area (Å²) in [5.41, 5.74) is 1.56. The molecule has 10 heteroatoms. The van der Waals surface area contributed by atoms with Gasteiger partial charge in [0.15, 0.2) is 5.78 Å². The minimum atomic E-state index is 0.0261. The van der Waals surface area contributed by atoms with E-state index >= 15 is 0 Å². The third-order valence-corrected chi connectivity index (χ3v) is 5.95. The van der Waals surface area contributed by atoms with E-state index in [9.17, 15) is 4.79 Å². The maximum absolute atomic E-state index is 12.8. The predicted molar refractivity (Wildman–Crippen MR) is 138 cm³/mol. The number of carbonyl (C=O) groups excluding carboxylic acids is 1. The van der Waals surface area contributed by atoms with Gasteiger partial charge in [-0.25, -0.2) is 9.97 Å². The number of ketones is 1. The first kappa shape index (κ1) is 23.3. The number of hydrogen-bond donors (Lipinski definition) is 1. The largest absolute Gasteiger partial charge is 0.352 e. The van der Waals surface area contributed by atoms with Gasteiger partial charge in [-0.3, -0.25) is 9.78 Å². The van der Waals surface area contributed by atoms with Gasteiger partial charge in [-0.2, -0.15) is 15.0 Å². The van der Waals surface area contributed by atoms with Crippen LogP contribution in [0.25, 0.3) is 0 Å². The summed E-state index contributed by atoms with van der Waals surface area (Å²) in [6, 6.07) is 13.2. The molecule has 0 radical (unpaired) electrons. The molecule has 1 aliphatic heterocycles. The molecule has 3 aromatic heterocycles. The van der Waals surface area contributed by atoms with E-state index in [1.54, 1.807) is 36.9 Å². The van der Waals surface area contributed by atoms with Gasteiger partial charge in [-0.1, -0.05) is 37.3 Å². The Balaban J connectivity index is 1.29. The van der Waals surface area contributed by atoms with Gasteiger partial charge in [0.05, 0.1) is 6.20 Å². The molecule has 0 saturated carbocycles. The van der Waals surface area contributed by atoms with Crippen LogP contribution in [-0.2, 0) is 12.8 Å². The van der Waals surface area contributed by atoms with Crippen LogP contribution in [0.15, 0.2) is 67.3 Å². The third-order valence-electron chi connectivity index (χ3n) is 5.95. The normalized spacial score (nSPS) is 13.5. The van der Waals surface area contributed by atoms with Crippen LogP contribution in [-0.4, -0.2) is 61.9 Å². The lowest BCUT2D eigenvalue weighted by molar-refractivity contribution is 0.0993. The second-order valence-electron chi connectivity index (χ2n) is 8.41. The molecule has 1 N–H and O–H groups in total. The highest BCUT2D eigenvalue weighted by Gasteiger charge is 2.21. The Hall–Kier alpha value is -4.47. The van der Waals surface area contributed by atoms with Gasteiger partial charge in [0.2, 0.25) is 11.9 Å². The van der Waals surface area contributed by atoms with Gasteiger partial charge in [0, 0.05) is 63.2 Å². The summed E-state index contributed by atoms with van der Waals surface area (Å²) in [5.74, 6) is 3.14. The molecule has 1 aromatic carbocycles. The van der Waals surface area contributed by atoms with Gasteiger partial charge < -0.3 is 15.1 Å². The van der Waals surface area contributed by atoms with Crippen molar-refractivity contribution in [2.45, 2.75) is 19.8 Å². The Morgan fingerprint density at radius 1 is 0.917 bits per heavy atom. The van der Waals surface area contributed by atoms with Crippen LogP contribution >= 0.6 is 0 Å². The number of hydrogen-bond acceptors (Lipinski definition) is 10. The summed E-state index contributed by atoms with van der Waals surface area (Å²) in [6.45, 7) is 5.11. The van der Waals surface area contributed by atoms with Crippen molar-refractivity contribution >= 4 is 29.3 Å². The summed E-state index contributed by atoms with van der Waals surface area (Å²) in [5, 5.41) is 3.17. The van der Waals surface area contributed by atoms with Crippen molar-refractivity contribution < 1.29 is 4.79 Å². The molecule has 4 aromatic rings. The van der Waals surface area contributed by atoms with Crippen LogP contribution in [0.5, 0.6) is 0 Å². The van der Waals surface area contributed by atoms with E-state index in [4.69, 9.17) is 0 Å². The van der Waals surface area contributed by atoms with Gasteiger partial charge in [0.1, 0.15) is 17.5 Å². The number of nitrogens with zero attached hydrogens (tertiary/aromatic N) is 8. The topological polar surface area (TPSA) is 113 Å². The van der Waals surface area contributed by atoms with Crippen molar-refractivity contribution in [3.63, 3.8) is 0 Å². The first-order valence-electron chi connectivity index (χ1n) is 12.0. The highest BCUT2D eigenvalue weighted by molar-refractivity contribution is 5.98. The zero-order valence-corrected chi connectivity index (χ0v) is 20.1. The molecular weight excluding hydrogens is 454 g/mol. The Morgan fingerprint density at radius 2 is 1.72 bits per heavy atom. The molecule has 1 saturated heterocycles. The Bertz CT molecular complexity index is 1310. The van der Waals surface area contributed by atoms with E-state index in [0.717, 1.165) is 37.6 Å². The molecule has 36 heavy (non-hydrogen) atoms. The van der Waals surface area contributed by atoms with Crippen LogP contribution in [0, 0.1) is 0 Å². The fraction of sp³-hybridized carbons (Fsp3) is 0.269. The summed E-state index contributed by atoms with van der Waals surface area (Å²) >= 11 is 0. The van der Waals surface area contributed by atoms with E-state index in [-0.39, 0.29) is 5.78 Å². The summed E-state index contributed by atoms with van der Waals surface area (Å²) < 4.78 is 0. The number of rotatable bonds is 8. The van der Waals surface area contributed by atoms with Crippen LogP contribution in [0.4, 0.5) is 23.5 Å². The summed E-state index contributed by atoms with van der Waals surface area (Å²) in [7, 11) is 0. The molecule has 0 bridgehead atoms. The molecule has 1 fully saturated rings. The zero-order valence-electron chi connectivity index (χ0n) is 20.1. The number of benzene rings is 1. The van der Waals surface area contributed by atoms with Crippen LogP contribution in [0.3, 0.4) is 0 Å². The van der Waals surface area contributed by atoms with Crippen molar-refractivity contribution in [1.29, 1.82) is 0 Å². The molecule has 0 amide bonds. The molecule has 10 nitrogen and oxygen atoms in total. The molecule has 1 aliphatic rings. The maximum Gasteiger partial charge on any atom is 0.233 e. The Labute approximate surface area is 209 Å². The molecule has 182 valence electrons. The fourth-order valence-electron chi connectivity index (χ4n) is 4.02.